The van der Waals surface area contributed by atoms with E-state index < -0.39 is 0 Å². The fraction of sp³-hybridized carbons (Fsp3) is 0.636. The first-order chi connectivity index (χ1) is 12.6. The SMILES string of the molecule is C=C(C)N1c2ccc(B3OC(C)(C)C(C)(C)O3)cc2NCC1C.CC.CC. The van der Waals surface area contributed by atoms with Crippen molar-refractivity contribution in [3.63, 3.8) is 0 Å². The molecule has 5 heteroatoms. The summed E-state index contributed by atoms with van der Waals surface area (Å²) in [5.41, 5.74) is 3.74. The van der Waals surface area contributed by atoms with Crippen molar-refractivity contribution >= 4 is 24.0 Å². The van der Waals surface area contributed by atoms with Gasteiger partial charge in [0.25, 0.3) is 0 Å². The average molecular weight is 374 g/mol. The lowest BCUT2D eigenvalue weighted by Crippen LogP contribution is -2.42. The molecule has 2 aliphatic heterocycles. The fourth-order valence-corrected chi connectivity index (χ4v) is 3.20. The Morgan fingerprint density at radius 1 is 1.11 bits per heavy atom. The molecule has 4 nitrogen and oxygen atoms in total. The highest BCUT2D eigenvalue weighted by Crippen LogP contribution is 2.38. The van der Waals surface area contributed by atoms with Crippen LogP contribution >= 0.6 is 0 Å². The van der Waals surface area contributed by atoms with Gasteiger partial charge >= 0.3 is 7.12 Å². The van der Waals surface area contributed by atoms with Crippen LogP contribution in [0.25, 0.3) is 0 Å². The molecule has 1 aromatic carbocycles. The highest BCUT2D eigenvalue weighted by molar-refractivity contribution is 6.62. The summed E-state index contributed by atoms with van der Waals surface area (Å²) in [6, 6.07) is 6.76. The second-order valence-electron chi connectivity index (χ2n) is 7.70. The molecule has 2 aliphatic rings. The lowest BCUT2D eigenvalue weighted by atomic mass is 9.78. The standard InChI is InChI=1S/C18H27BN2O2.2C2H6/c1-12(2)21-13(3)11-20-15-10-14(8-9-16(15)21)19-22-17(4,5)18(6,7)23-19;2*1-2/h8-10,13,20H,1,11H2,2-7H3;2*1-2H3. The van der Waals surface area contributed by atoms with Crippen LogP contribution in [0.2, 0.25) is 0 Å². The molecule has 0 radical (unpaired) electrons. The van der Waals surface area contributed by atoms with Gasteiger partial charge in [0.1, 0.15) is 0 Å². The van der Waals surface area contributed by atoms with E-state index in [1.165, 1.54) is 0 Å². The first-order valence-electron chi connectivity index (χ1n) is 10.3. The first-order valence-corrected chi connectivity index (χ1v) is 10.3. The topological polar surface area (TPSA) is 33.7 Å². The molecular weight excluding hydrogens is 335 g/mol. The van der Waals surface area contributed by atoms with Gasteiger partial charge in [0.05, 0.1) is 22.6 Å². The molecule has 0 aliphatic carbocycles. The van der Waals surface area contributed by atoms with E-state index >= 15 is 0 Å². The normalized spacial score (nSPS) is 21.8. The van der Waals surface area contributed by atoms with Crippen LogP contribution in [0.3, 0.4) is 0 Å². The van der Waals surface area contributed by atoms with E-state index in [2.05, 4.69) is 69.6 Å². The summed E-state index contributed by atoms with van der Waals surface area (Å²) in [5.74, 6) is 0. The van der Waals surface area contributed by atoms with Gasteiger partial charge in [0.2, 0.25) is 0 Å². The summed E-state index contributed by atoms with van der Waals surface area (Å²) >= 11 is 0. The molecule has 2 heterocycles. The minimum Gasteiger partial charge on any atom is -0.399 e. The number of anilines is 2. The van der Waals surface area contributed by atoms with E-state index in [9.17, 15) is 0 Å². The number of rotatable bonds is 2. The van der Waals surface area contributed by atoms with Crippen LogP contribution in [0.15, 0.2) is 30.5 Å². The molecule has 0 saturated carbocycles. The average Bonchev–Trinajstić information content (AvgIpc) is 2.85. The van der Waals surface area contributed by atoms with E-state index in [4.69, 9.17) is 9.31 Å². The Kier molecular flexibility index (Phi) is 8.00. The van der Waals surface area contributed by atoms with Crippen molar-refractivity contribution in [1.29, 1.82) is 0 Å². The summed E-state index contributed by atoms with van der Waals surface area (Å²) in [6.45, 7) is 25.6. The third kappa shape index (κ3) is 4.70. The second kappa shape index (κ2) is 9.16. The van der Waals surface area contributed by atoms with Crippen LogP contribution in [0.4, 0.5) is 11.4 Å². The third-order valence-corrected chi connectivity index (χ3v) is 5.25. The molecule has 1 N–H and O–H groups in total. The zero-order valence-corrected chi connectivity index (χ0v) is 19.1. The quantitative estimate of drug-likeness (QED) is 0.722. The van der Waals surface area contributed by atoms with Gasteiger partial charge in [-0.3, -0.25) is 0 Å². The van der Waals surface area contributed by atoms with Crippen molar-refractivity contribution in [3.05, 3.63) is 30.5 Å². The van der Waals surface area contributed by atoms with E-state index in [0.717, 1.165) is 29.1 Å². The molecule has 1 atom stereocenters. The highest BCUT2D eigenvalue weighted by Gasteiger charge is 2.51. The monoisotopic (exact) mass is 374 g/mol. The van der Waals surface area contributed by atoms with Crippen LogP contribution in [-0.2, 0) is 9.31 Å². The number of allylic oxidation sites excluding steroid dienone is 1. The van der Waals surface area contributed by atoms with Gasteiger partial charge in [-0.25, -0.2) is 0 Å². The third-order valence-electron chi connectivity index (χ3n) is 5.25. The van der Waals surface area contributed by atoms with Crippen LogP contribution in [0.5, 0.6) is 0 Å². The van der Waals surface area contributed by atoms with Crippen molar-refractivity contribution in [2.45, 2.75) is 86.5 Å². The molecule has 1 unspecified atom stereocenters. The highest BCUT2D eigenvalue weighted by atomic mass is 16.7. The van der Waals surface area contributed by atoms with E-state index in [1.54, 1.807) is 0 Å². The van der Waals surface area contributed by atoms with Crippen LogP contribution in [-0.4, -0.2) is 30.9 Å². The largest absolute Gasteiger partial charge is 0.494 e. The molecule has 152 valence electrons. The number of hydrogen-bond donors (Lipinski definition) is 1. The van der Waals surface area contributed by atoms with Crippen LogP contribution in [0.1, 0.15) is 69.2 Å². The Bertz CT molecular complexity index is 627. The van der Waals surface area contributed by atoms with Crippen molar-refractivity contribution in [1.82, 2.24) is 0 Å². The summed E-state index contributed by atoms with van der Waals surface area (Å²) < 4.78 is 12.3. The van der Waals surface area contributed by atoms with Gasteiger partial charge in [-0.05, 0) is 59.1 Å². The maximum Gasteiger partial charge on any atom is 0.494 e. The molecule has 0 aromatic heterocycles. The number of benzene rings is 1. The minimum atomic E-state index is -0.329. The van der Waals surface area contributed by atoms with Crippen molar-refractivity contribution in [3.8, 4) is 0 Å². The van der Waals surface area contributed by atoms with Gasteiger partial charge < -0.3 is 19.5 Å². The fourth-order valence-electron chi connectivity index (χ4n) is 3.20. The van der Waals surface area contributed by atoms with Gasteiger partial charge in [-0.15, -0.1) is 0 Å². The molecule has 0 bridgehead atoms. The zero-order chi connectivity index (χ0) is 21.0. The second-order valence-corrected chi connectivity index (χ2v) is 7.70. The molecule has 1 fully saturated rings. The van der Waals surface area contributed by atoms with Crippen LogP contribution < -0.4 is 15.7 Å². The van der Waals surface area contributed by atoms with Crippen molar-refractivity contribution < 1.29 is 9.31 Å². The smallest absolute Gasteiger partial charge is 0.399 e. The molecule has 1 aromatic rings. The lowest BCUT2D eigenvalue weighted by Gasteiger charge is -2.38. The molecular formula is C22H39BN2O2. The molecule has 3 rings (SSSR count). The van der Waals surface area contributed by atoms with Gasteiger partial charge in [0, 0.05) is 18.3 Å². The Balaban J connectivity index is 0.000000855. The van der Waals surface area contributed by atoms with Gasteiger partial charge in [0.15, 0.2) is 0 Å². The zero-order valence-electron chi connectivity index (χ0n) is 19.1. The predicted octanol–water partition coefficient (Wildman–Crippen LogP) is 5.19. The van der Waals surface area contributed by atoms with Gasteiger partial charge in [-0.2, -0.15) is 0 Å². The van der Waals surface area contributed by atoms with Crippen LogP contribution in [0, 0.1) is 0 Å². The molecule has 1 saturated heterocycles. The Labute approximate surface area is 167 Å². The summed E-state index contributed by atoms with van der Waals surface area (Å²) in [4.78, 5) is 2.28. The molecule has 0 spiro atoms. The number of nitrogens with one attached hydrogen (secondary N) is 1. The predicted molar refractivity (Wildman–Crippen MR) is 120 cm³/mol. The van der Waals surface area contributed by atoms with E-state index in [1.807, 2.05) is 34.6 Å². The maximum atomic E-state index is 6.16. The first kappa shape index (κ1) is 23.6. The number of hydrogen-bond acceptors (Lipinski definition) is 4. The molecule has 27 heavy (non-hydrogen) atoms. The summed E-state index contributed by atoms with van der Waals surface area (Å²) in [7, 11) is -0.329. The minimum absolute atomic E-state index is 0.320. The lowest BCUT2D eigenvalue weighted by molar-refractivity contribution is 0.00578. The van der Waals surface area contributed by atoms with Crippen molar-refractivity contribution in [2.24, 2.45) is 0 Å². The Hall–Kier alpha value is -1.46. The van der Waals surface area contributed by atoms with Crippen molar-refractivity contribution in [2.75, 3.05) is 16.8 Å². The summed E-state index contributed by atoms with van der Waals surface area (Å²) in [6.07, 6.45) is 0. The van der Waals surface area contributed by atoms with Gasteiger partial charge in [-0.1, -0.05) is 40.3 Å². The Morgan fingerprint density at radius 3 is 2.11 bits per heavy atom. The number of nitrogens with zero attached hydrogens (tertiary/aromatic N) is 1. The van der Waals surface area contributed by atoms with E-state index in [-0.39, 0.29) is 18.3 Å². The Morgan fingerprint density at radius 2 is 1.63 bits per heavy atom. The maximum absolute atomic E-state index is 6.16. The molecule has 0 amide bonds. The van der Waals surface area contributed by atoms with E-state index in [0.29, 0.717) is 6.04 Å². The number of fused-ring (bicyclic) bond motifs is 1. The summed E-state index contributed by atoms with van der Waals surface area (Å²) in [5, 5.41) is 3.51.